The molecule has 0 fully saturated rings. The van der Waals surface area contributed by atoms with E-state index in [1.165, 1.54) is 0 Å². The van der Waals surface area contributed by atoms with Gasteiger partial charge in [-0.2, -0.15) is 35.1 Å². The maximum atomic E-state index is 14.3. The first-order valence-electron chi connectivity index (χ1n) is 8.58. The van der Waals surface area contributed by atoms with Crippen LogP contribution in [0.15, 0.2) is 29.4 Å². The van der Waals surface area contributed by atoms with Crippen molar-refractivity contribution in [1.82, 2.24) is 4.57 Å². The third kappa shape index (κ3) is 4.74. The highest BCUT2D eigenvalue weighted by atomic mass is 19.4. The predicted octanol–water partition coefficient (Wildman–Crippen LogP) is 5.23. The fourth-order valence-electron chi connectivity index (χ4n) is 3.09. The van der Waals surface area contributed by atoms with E-state index in [2.05, 4.69) is 9.73 Å². The lowest BCUT2D eigenvalue weighted by Crippen LogP contribution is -2.27. The topological polar surface area (TPSA) is 35.8 Å². The molecule has 0 saturated heterocycles. The number of alkyl halides is 8. The van der Waals surface area contributed by atoms with Gasteiger partial charge >= 0.3 is 19.0 Å². The van der Waals surface area contributed by atoms with Crippen LogP contribution >= 0.6 is 0 Å². The highest BCUT2D eigenvalue weighted by molar-refractivity contribution is 5.44. The molecule has 2 aromatic rings. The number of halogens is 9. The van der Waals surface area contributed by atoms with Crippen LogP contribution in [0, 0.1) is 5.82 Å². The number of benzene rings is 1. The van der Waals surface area contributed by atoms with Crippen LogP contribution < -0.4 is 15.0 Å². The summed E-state index contributed by atoms with van der Waals surface area (Å²) in [5.74, 6) is -3.26. The second kappa shape index (κ2) is 8.00. The fraction of sp³-hybridized carbons (Fsp3) is 0.389. The zero-order valence-electron chi connectivity index (χ0n) is 15.5. The number of pyridine rings is 1. The van der Waals surface area contributed by atoms with Crippen LogP contribution in [0.1, 0.15) is 29.2 Å². The van der Waals surface area contributed by atoms with E-state index < -0.39 is 58.9 Å². The summed E-state index contributed by atoms with van der Waals surface area (Å²) in [5.41, 5.74) is -3.39. The minimum Gasteiger partial charge on any atom is -0.490 e. The standard InChI is InChI=1S/C18H13F9N2O2/c1-29-7-8(17(22,23)24)6-12(31-16(20)21)15(29)28-11-4-5-30-14-9(11)2-3-10(13(14)19)18(25,26)27/h2-3,6-7,11,16H,4-5H2,1H3. The highest BCUT2D eigenvalue weighted by Crippen LogP contribution is 2.42. The quantitative estimate of drug-likeness (QED) is 0.589. The zero-order chi connectivity index (χ0) is 23.1. The Labute approximate surface area is 168 Å². The maximum Gasteiger partial charge on any atom is 0.419 e. The van der Waals surface area contributed by atoms with E-state index in [-0.39, 0.29) is 18.6 Å². The molecule has 31 heavy (non-hydrogen) atoms. The van der Waals surface area contributed by atoms with E-state index in [1.807, 2.05) is 0 Å². The third-order valence-corrected chi connectivity index (χ3v) is 4.42. The van der Waals surface area contributed by atoms with Gasteiger partial charge in [0.15, 0.2) is 22.8 Å². The second-order valence-electron chi connectivity index (χ2n) is 6.53. The molecule has 1 aliphatic heterocycles. The fourth-order valence-corrected chi connectivity index (χ4v) is 3.09. The number of nitrogens with zero attached hydrogens (tertiary/aromatic N) is 2. The molecule has 0 amide bonds. The van der Waals surface area contributed by atoms with Gasteiger partial charge in [0.05, 0.1) is 23.8 Å². The van der Waals surface area contributed by atoms with Gasteiger partial charge in [-0.25, -0.2) is 4.39 Å². The smallest absolute Gasteiger partial charge is 0.419 e. The molecule has 1 unspecified atom stereocenters. The molecule has 2 heterocycles. The number of fused-ring (bicyclic) bond motifs is 1. The molecule has 0 bridgehead atoms. The number of hydrogen-bond donors (Lipinski definition) is 0. The van der Waals surface area contributed by atoms with E-state index in [0.717, 1.165) is 17.7 Å². The summed E-state index contributed by atoms with van der Waals surface area (Å²) in [4.78, 5) is 4.08. The van der Waals surface area contributed by atoms with Crippen LogP contribution in [-0.2, 0) is 19.4 Å². The van der Waals surface area contributed by atoms with Crippen molar-refractivity contribution in [3.63, 3.8) is 0 Å². The van der Waals surface area contributed by atoms with Gasteiger partial charge in [0, 0.05) is 25.2 Å². The molecule has 0 aliphatic carbocycles. The van der Waals surface area contributed by atoms with Crippen LogP contribution in [0.5, 0.6) is 11.5 Å². The van der Waals surface area contributed by atoms with Gasteiger partial charge in [0.1, 0.15) is 0 Å². The van der Waals surface area contributed by atoms with Crippen molar-refractivity contribution >= 4 is 0 Å². The van der Waals surface area contributed by atoms with Crippen molar-refractivity contribution in [3.8, 4) is 11.5 Å². The van der Waals surface area contributed by atoms with Gasteiger partial charge in [-0.1, -0.05) is 6.07 Å². The molecule has 0 N–H and O–H groups in total. The van der Waals surface area contributed by atoms with Crippen molar-refractivity contribution in [2.75, 3.05) is 6.61 Å². The van der Waals surface area contributed by atoms with Crippen molar-refractivity contribution in [2.45, 2.75) is 31.4 Å². The average molecular weight is 460 g/mol. The number of aromatic nitrogens is 1. The van der Waals surface area contributed by atoms with Gasteiger partial charge < -0.3 is 14.0 Å². The Morgan fingerprint density at radius 3 is 2.39 bits per heavy atom. The molecule has 1 aliphatic rings. The second-order valence-corrected chi connectivity index (χ2v) is 6.53. The summed E-state index contributed by atoms with van der Waals surface area (Å²) in [7, 11) is 1.10. The minimum atomic E-state index is -4.98. The number of aryl methyl sites for hydroxylation is 1. The Balaban J connectivity index is 2.16. The predicted molar refractivity (Wildman–Crippen MR) is 86.9 cm³/mol. The first kappa shape index (κ1) is 22.8. The molecule has 4 nitrogen and oxygen atoms in total. The van der Waals surface area contributed by atoms with Crippen LogP contribution in [0.2, 0.25) is 0 Å². The van der Waals surface area contributed by atoms with Gasteiger partial charge in [-0.15, -0.1) is 0 Å². The van der Waals surface area contributed by atoms with Crippen LogP contribution in [0.25, 0.3) is 0 Å². The van der Waals surface area contributed by atoms with E-state index in [4.69, 9.17) is 4.74 Å². The summed E-state index contributed by atoms with van der Waals surface area (Å²) >= 11 is 0. The Morgan fingerprint density at radius 2 is 1.81 bits per heavy atom. The molecular weight excluding hydrogens is 447 g/mol. The van der Waals surface area contributed by atoms with E-state index >= 15 is 0 Å². The lowest BCUT2D eigenvalue weighted by Gasteiger charge is -2.25. The summed E-state index contributed by atoms with van der Waals surface area (Å²) in [6.07, 6.45) is -9.25. The third-order valence-electron chi connectivity index (χ3n) is 4.42. The number of hydrogen-bond acceptors (Lipinski definition) is 3. The molecule has 170 valence electrons. The van der Waals surface area contributed by atoms with E-state index in [9.17, 15) is 39.5 Å². The SMILES string of the molecule is Cn1cc(C(F)(F)F)cc(OC(F)F)c1=NC1CCOc2c1ccc(C(F)(F)F)c2F. The average Bonchev–Trinajstić information content (AvgIpc) is 2.62. The van der Waals surface area contributed by atoms with Gasteiger partial charge in [-0.05, 0) is 12.1 Å². The Morgan fingerprint density at radius 1 is 1.13 bits per heavy atom. The Hall–Kier alpha value is -2.86. The van der Waals surface area contributed by atoms with E-state index in [0.29, 0.717) is 18.3 Å². The van der Waals surface area contributed by atoms with Crippen molar-refractivity contribution in [3.05, 3.63) is 52.4 Å². The molecule has 1 aromatic heterocycles. The van der Waals surface area contributed by atoms with Crippen molar-refractivity contribution < 1.29 is 49.0 Å². The van der Waals surface area contributed by atoms with Gasteiger partial charge in [-0.3, -0.25) is 4.99 Å². The normalized spacial score (nSPS) is 17.5. The highest BCUT2D eigenvalue weighted by Gasteiger charge is 2.38. The Bertz CT molecular complexity index is 1040. The molecule has 13 heteroatoms. The summed E-state index contributed by atoms with van der Waals surface area (Å²) in [5, 5.41) is 0. The van der Waals surface area contributed by atoms with Crippen LogP contribution in [-0.4, -0.2) is 17.8 Å². The monoisotopic (exact) mass is 460 g/mol. The molecule has 0 saturated carbocycles. The summed E-state index contributed by atoms with van der Waals surface area (Å²) in [6.45, 7) is -3.72. The summed E-state index contributed by atoms with van der Waals surface area (Å²) < 4.78 is 128. The molecule has 1 aromatic carbocycles. The van der Waals surface area contributed by atoms with Crippen molar-refractivity contribution in [1.29, 1.82) is 0 Å². The maximum absolute atomic E-state index is 14.3. The van der Waals surface area contributed by atoms with Crippen molar-refractivity contribution in [2.24, 2.45) is 12.0 Å². The largest absolute Gasteiger partial charge is 0.490 e. The molecule has 0 spiro atoms. The van der Waals surface area contributed by atoms with Crippen LogP contribution in [0.3, 0.4) is 0 Å². The first-order valence-corrected chi connectivity index (χ1v) is 8.58. The molecule has 0 radical (unpaired) electrons. The Kier molecular flexibility index (Phi) is 5.89. The number of ether oxygens (including phenoxy) is 2. The van der Waals surface area contributed by atoms with E-state index in [1.54, 1.807) is 0 Å². The lowest BCUT2D eigenvalue weighted by molar-refractivity contribution is -0.140. The molecular formula is C18H13F9N2O2. The summed E-state index contributed by atoms with van der Waals surface area (Å²) in [6, 6.07) is 0.656. The number of rotatable bonds is 3. The first-order chi connectivity index (χ1) is 14.3. The lowest BCUT2D eigenvalue weighted by atomic mass is 9.98. The van der Waals surface area contributed by atoms with Gasteiger partial charge in [0.2, 0.25) is 0 Å². The minimum absolute atomic E-state index is 0.00689. The molecule has 3 rings (SSSR count). The molecule has 1 atom stereocenters. The van der Waals surface area contributed by atoms with Gasteiger partial charge in [0.25, 0.3) is 0 Å². The zero-order valence-corrected chi connectivity index (χ0v) is 15.5. The van der Waals surface area contributed by atoms with Crippen LogP contribution in [0.4, 0.5) is 39.5 Å².